The molecular formula is C11H20N2OS. The zero-order chi connectivity index (χ0) is 11.2. The van der Waals surface area contributed by atoms with Crippen LogP contribution in [-0.4, -0.2) is 31.1 Å². The van der Waals surface area contributed by atoms with Crippen LogP contribution in [0, 0.1) is 0 Å². The van der Waals surface area contributed by atoms with Gasteiger partial charge in [-0.2, -0.15) is 0 Å². The molecule has 1 amide bonds. The highest BCUT2D eigenvalue weighted by atomic mass is 32.2. The molecule has 0 radical (unpaired) electrons. The van der Waals surface area contributed by atoms with Crippen molar-refractivity contribution in [1.82, 2.24) is 10.6 Å². The topological polar surface area (TPSA) is 41.1 Å². The third-order valence-electron chi connectivity index (χ3n) is 1.57. The maximum absolute atomic E-state index is 9.73. The molecule has 86 valence electrons. The number of rotatable bonds is 5. The lowest BCUT2D eigenvalue weighted by Crippen LogP contribution is -2.08. The molecule has 1 aliphatic heterocycles. The summed E-state index contributed by atoms with van der Waals surface area (Å²) < 4.78 is 0. The number of hydrogen-bond donors (Lipinski definition) is 2. The molecule has 1 heterocycles. The van der Waals surface area contributed by atoms with Gasteiger partial charge in [-0.05, 0) is 6.42 Å². The van der Waals surface area contributed by atoms with E-state index in [0.717, 1.165) is 6.42 Å². The van der Waals surface area contributed by atoms with Crippen LogP contribution in [0.15, 0.2) is 24.3 Å². The average Bonchev–Trinajstić information content (AvgIpc) is 2.82. The minimum Gasteiger partial charge on any atom is -0.355 e. The van der Waals surface area contributed by atoms with Gasteiger partial charge in [0, 0.05) is 24.7 Å². The van der Waals surface area contributed by atoms with Crippen LogP contribution in [0.2, 0.25) is 0 Å². The summed E-state index contributed by atoms with van der Waals surface area (Å²) in [6, 6.07) is 0. The van der Waals surface area contributed by atoms with Crippen molar-refractivity contribution in [1.29, 1.82) is 0 Å². The molecule has 0 atom stereocenters. The van der Waals surface area contributed by atoms with Crippen LogP contribution < -0.4 is 10.6 Å². The summed E-state index contributed by atoms with van der Waals surface area (Å²) in [5.74, 6) is 2.47. The molecule has 0 aromatic heterocycles. The first-order chi connectivity index (χ1) is 7.41. The average molecular weight is 228 g/mol. The molecule has 0 unspecified atom stereocenters. The highest BCUT2D eigenvalue weighted by Gasteiger charge is 1.93. The van der Waals surface area contributed by atoms with Crippen LogP contribution in [0.4, 0.5) is 0 Å². The van der Waals surface area contributed by atoms with Crippen LogP contribution in [-0.2, 0) is 4.79 Å². The van der Waals surface area contributed by atoms with Crippen LogP contribution in [0.25, 0.3) is 0 Å². The second-order valence-electron chi connectivity index (χ2n) is 2.84. The van der Waals surface area contributed by atoms with Crippen molar-refractivity contribution < 1.29 is 4.79 Å². The van der Waals surface area contributed by atoms with E-state index >= 15 is 0 Å². The first-order valence-corrected chi connectivity index (χ1v) is 6.34. The zero-order valence-electron chi connectivity index (χ0n) is 9.24. The fourth-order valence-corrected chi connectivity index (χ4v) is 1.56. The second kappa shape index (κ2) is 13.3. The molecule has 15 heavy (non-hydrogen) atoms. The lowest BCUT2D eigenvalue weighted by Gasteiger charge is -1.84. The summed E-state index contributed by atoms with van der Waals surface area (Å²) >= 11 is 1.96. The number of hydrogen-bond acceptors (Lipinski definition) is 3. The minimum absolute atomic E-state index is 0.609. The van der Waals surface area contributed by atoms with Crippen molar-refractivity contribution in [2.45, 2.75) is 13.3 Å². The minimum atomic E-state index is 0.609. The standard InChI is InChI=1S/C8H13NO.C3H7NS/c1-2-3-4-5-6-7-9-8-10;1-2-5-3-4-1/h3-6,8H,2,7H2,1H3,(H,9,10);4H,1-3H2/b4-3-,6-5-;. The van der Waals surface area contributed by atoms with Gasteiger partial charge in [-0.15, -0.1) is 11.8 Å². The van der Waals surface area contributed by atoms with Gasteiger partial charge in [-0.1, -0.05) is 31.2 Å². The highest BCUT2D eigenvalue weighted by molar-refractivity contribution is 7.99. The second-order valence-corrected chi connectivity index (χ2v) is 3.95. The Morgan fingerprint density at radius 3 is 2.67 bits per heavy atom. The van der Waals surface area contributed by atoms with Crippen LogP contribution in [0.3, 0.4) is 0 Å². The Morgan fingerprint density at radius 1 is 1.40 bits per heavy atom. The van der Waals surface area contributed by atoms with E-state index in [9.17, 15) is 4.79 Å². The van der Waals surface area contributed by atoms with Crippen LogP contribution >= 0.6 is 11.8 Å². The van der Waals surface area contributed by atoms with Gasteiger partial charge in [0.25, 0.3) is 0 Å². The van der Waals surface area contributed by atoms with E-state index in [4.69, 9.17) is 0 Å². The number of carbonyl (C=O) groups is 1. The first kappa shape index (κ1) is 14.3. The number of nitrogens with one attached hydrogen (secondary N) is 2. The van der Waals surface area contributed by atoms with Crippen molar-refractivity contribution >= 4 is 18.2 Å². The Balaban J connectivity index is 0.000000322. The fourth-order valence-electron chi connectivity index (χ4n) is 0.838. The lowest BCUT2D eigenvalue weighted by molar-refractivity contribution is -0.109. The molecule has 0 aliphatic carbocycles. The van der Waals surface area contributed by atoms with Gasteiger partial charge >= 0.3 is 0 Å². The Bertz CT molecular complexity index is 181. The molecule has 1 rings (SSSR count). The maximum Gasteiger partial charge on any atom is 0.207 e. The van der Waals surface area contributed by atoms with Crippen LogP contribution in [0.1, 0.15) is 13.3 Å². The van der Waals surface area contributed by atoms with Gasteiger partial charge in [0.2, 0.25) is 6.41 Å². The molecule has 0 spiro atoms. The van der Waals surface area contributed by atoms with Crippen molar-refractivity contribution in [3.05, 3.63) is 24.3 Å². The number of carbonyl (C=O) groups excluding carboxylic acids is 1. The normalized spacial score (nSPS) is 15.3. The van der Waals surface area contributed by atoms with E-state index in [2.05, 4.69) is 23.6 Å². The zero-order valence-corrected chi connectivity index (χ0v) is 10.1. The third-order valence-corrected chi connectivity index (χ3v) is 2.47. The van der Waals surface area contributed by atoms with Crippen molar-refractivity contribution in [3.63, 3.8) is 0 Å². The predicted octanol–water partition coefficient (Wildman–Crippen LogP) is 1.54. The summed E-state index contributed by atoms with van der Waals surface area (Å²) in [6.45, 7) is 3.90. The highest BCUT2D eigenvalue weighted by Crippen LogP contribution is 1.99. The molecule has 1 saturated heterocycles. The van der Waals surface area contributed by atoms with E-state index in [1.807, 2.05) is 30.0 Å². The van der Waals surface area contributed by atoms with E-state index in [1.165, 1.54) is 18.2 Å². The number of thioether (sulfide) groups is 1. The molecular weight excluding hydrogens is 208 g/mol. The van der Waals surface area contributed by atoms with E-state index in [1.54, 1.807) is 0 Å². The summed E-state index contributed by atoms with van der Waals surface area (Å²) in [5, 5.41) is 5.71. The van der Waals surface area contributed by atoms with Crippen molar-refractivity contribution in [2.24, 2.45) is 0 Å². The summed E-state index contributed by atoms with van der Waals surface area (Å²) in [4.78, 5) is 9.73. The summed E-state index contributed by atoms with van der Waals surface area (Å²) in [5.41, 5.74) is 0. The Hall–Kier alpha value is -0.740. The summed E-state index contributed by atoms with van der Waals surface area (Å²) in [6.07, 6.45) is 9.56. The smallest absolute Gasteiger partial charge is 0.207 e. The molecule has 3 nitrogen and oxygen atoms in total. The van der Waals surface area contributed by atoms with Crippen molar-refractivity contribution in [2.75, 3.05) is 24.7 Å². The predicted molar refractivity (Wildman–Crippen MR) is 68.0 cm³/mol. The molecule has 1 aliphatic rings. The van der Waals surface area contributed by atoms with Gasteiger partial charge < -0.3 is 10.6 Å². The third kappa shape index (κ3) is 13.3. The van der Waals surface area contributed by atoms with Gasteiger partial charge in [0.05, 0.1) is 0 Å². The molecule has 0 aromatic carbocycles. The number of amides is 1. The van der Waals surface area contributed by atoms with Gasteiger partial charge in [-0.3, -0.25) is 4.79 Å². The SMILES string of the molecule is C1CSCN1.CC/C=C\C=C/CNC=O. The Kier molecular flexibility index (Phi) is 12.6. The molecule has 0 saturated carbocycles. The van der Waals surface area contributed by atoms with Gasteiger partial charge in [0.1, 0.15) is 0 Å². The largest absolute Gasteiger partial charge is 0.355 e. The molecule has 0 aromatic rings. The Labute approximate surface area is 96.4 Å². The van der Waals surface area contributed by atoms with E-state index in [0.29, 0.717) is 13.0 Å². The maximum atomic E-state index is 9.73. The van der Waals surface area contributed by atoms with E-state index < -0.39 is 0 Å². The van der Waals surface area contributed by atoms with Crippen LogP contribution in [0.5, 0.6) is 0 Å². The van der Waals surface area contributed by atoms with E-state index in [-0.39, 0.29) is 0 Å². The Morgan fingerprint density at radius 2 is 2.20 bits per heavy atom. The van der Waals surface area contributed by atoms with Gasteiger partial charge in [0.15, 0.2) is 0 Å². The monoisotopic (exact) mass is 228 g/mol. The molecule has 4 heteroatoms. The molecule has 0 bridgehead atoms. The quantitative estimate of drug-likeness (QED) is 0.426. The van der Waals surface area contributed by atoms with Gasteiger partial charge in [-0.25, -0.2) is 0 Å². The fraction of sp³-hybridized carbons (Fsp3) is 0.545. The number of allylic oxidation sites excluding steroid dienone is 3. The molecule has 2 N–H and O–H groups in total. The lowest BCUT2D eigenvalue weighted by atomic mass is 10.4. The first-order valence-electron chi connectivity index (χ1n) is 5.19. The van der Waals surface area contributed by atoms with Crippen molar-refractivity contribution in [3.8, 4) is 0 Å². The molecule has 1 fully saturated rings. The summed E-state index contributed by atoms with van der Waals surface area (Å²) in [7, 11) is 0.